The van der Waals surface area contributed by atoms with Gasteiger partial charge in [-0.05, 0) is 6.92 Å². The van der Waals surface area contributed by atoms with Crippen molar-refractivity contribution in [2.75, 3.05) is 19.8 Å². The van der Waals surface area contributed by atoms with Gasteiger partial charge >= 0.3 is 0 Å². The number of rotatable bonds is 6. The fourth-order valence-electron chi connectivity index (χ4n) is 2.95. The van der Waals surface area contributed by atoms with E-state index in [1.165, 1.54) is 5.69 Å². The molecule has 0 amide bonds. The van der Waals surface area contributed by atoms with Crippen LogP contribution in [0.4, 0.5) is 0 Å². The second-order valence-electron chi connectivity index (χ2n) is 5.60. The largest absolute Gasteiger partial charge is 0.377 e. The molecule has 1 atom stereocenters. The Morgan fingerprint density at radius 3 is 3.14 bits per heavy atom. The molecule has 0 unspecified atom stereocenters. The van der Waals surface area contributed by atoms with Crippen LogP contribution in [0.3, 0.4) is 0 Å². The zero-order chi connectivity index (χ0) is 15.5. The molecule has 1 aliphatic rings. The normalized spacial score (nSPS) is 18.4. The van der Waals surface area contributed by atoms with Gasteiger partial charge in [0.2, 0.25) is 0 Å². The van der Waals surface area contributed by atoms with Crippen molar-refractivity contribution in [1.29, 1.82) is 0 Å². The van der Waals surface area contributed by atoms with E-state index < -0.39 is 0 Å². The molecule has 3 heterocycles. The van der Waals surface area contributed by atoms with Gasteiger partial charge in [0.25, 0.3) is 0 Å². The van der Waals surface area contributed by atoms with Crippen molar-refractivity contribution >= 4 is 11.3 Å². The summed E-state index contributed by atoms with van der Waals surface area (Å²) in [6.07, 6.45) is 1.78. The van der Waals surface area contributed by atoms with Crippen LogP contribution in [0.15, 0.2) is 18.0 Å². The maximum absolute atomic E-state index is 5.68. The number of aryl methyl sites for hydroxylation is 2. The van der Waals surface area contributed by atoms with E-state index in [4.69, 9.17) is 4.74 Å². The molecular formula is C15H21N5OS. The molecule has 0 spiro atoms. The summed E-state index contributed by atoms with van der Waals surface area (Å²) in [5.41, 5.74) is 3.36. The molecule has 0 saturated carbocycles. The van der Waals surface area contributed by atoms with Gasteiger partial charge in [-0.15, -0.1) is 23.0 Å². The molecule has 0 radical (unpaired) electrons. The van der Waals surface area contributed by atoms with Crippen molar-refractivity contribution in [3.63, 3.8) is 0 Å². The number of hydrogen-bond acceptors (Lipinski definition) is 6. The van der Waals surface area contributed by atoms with Gasteiger partial charge < -0.3 is 4.74 Å². The minimum atomic E-state index is 0.281. The van der Waals surface area contributed by atoms with Crippen molar-refractivity contribution < 1.29 is 4.74 Å². The lowest BCUT2D eigenvalue weighted by Gasteiger charge is -2.31. The molecule has 0 saturated heterocycles. The zero-order valence-electron chi connectivity index (χ0n) is 13.0. The lowest BCUT2D eigenvalue weighted by atomic mass is 9.99. The zero-order valence-corrected chi connectivity index (χ0v) is 13.8. The molecule has 0 bridgehead atoms. The van der Waals surface area contributed by atoms with Crippen molar-refractivity contribution in [3.05, 3.63) is 40.1 Å². The molecule has 3 rings (SSSR count). The Labute approximate surface area is 134 Å². The van der Waals surface area contributed by atoms with Gasteiger partial charge in [0, 0.05) is 38.0 Å². The molecule has 22 heavy (non-hydrogen) atoms. The van der Waals surface area contributed by atoms with Crippen LogP contribution >= 0.6 is 11.3 Å². The maximum atomic E-state index is 5.68. The van der Waals surface area contributed by atoms with Gasteiger partial charge in [0.05, 0.1) is 29.6 Å². The number of ether oxygens (including phenoxy) is 1. The highest BCUT2D eigenvalue weighted by Crippen LogP contribution is 2.28. The summed E-state index contributed by atoms with van der Waals surface area (Å²) in [4.78, 5) is 6.93. The Morgan fingerprint density at radius 2 is 2.41 bits per heavy atom. The average molecular weight is 319 g/mol. The van der Waals surface area contributed by atoms with Crippen LogP contribution in [-0.2, 0) is 24.9 Å². The standard InChI is InChI=1S/C15H21N5OS/c1-4-5-21-9-12-6-20(7-13-10-22-11(2)16-13)8-14-15(12)19(3)18-17-14/h4,10,12H,1,5-9H2,2-3H3/t12-/m1/s1. The first-order valence-electron chi connectivity index (χ1n) is 7.37. The summed E-state index contributed by atoms with van der Waals surface area (Å²) in [6.45, 7) is 9.56. The van der Waals surface area contributed by atoms with Crippen LogP contribution in [0.25, 0.3) is 0 Å². The Balaban J connectivity index is 1.74. The molecule has 0 N–H and O–H groups in total. The highest BCUT2D eigenvalue weighted by Gasteiger charge is 2.30. The van der Waals surface area contributed by atoms with Crippen LogP contribution in [-0.4, -0.2) is 44.6 Å². The second-order valence-corrected chi connectivity index (χ2v) is 6.66. The first-order valence-corrected chi connectivity index (χ1v) is 8.25. The van der Waals surface area contributed by atoms with E-state index in [9.17, 15) is 0 Å². The lowest BCUT2D eigenvalue weighted by molar-refractivity contribution is 0.111. The van der Waals surface area contributed by atoms with E-state index in [1.807, 2.05) is 18.7 Å². The smallest absolute Gasteiger partial charge is 0.100 e. The first kappa shape index (κ1) is 15.3. The third kappa shape index (κ3) is 3.26. The van der Waals surface area contributed by atoms with Crippen LogP contribution in [0.1, 0.15) is 28.0 Å². The summed E-state index contributed by atoms with van der Waals surface area (Å²) < 4.78 is 7.56. The molecule has 1 aliphatic heterocycles. The molecule has 118 valence electrons. The van der Waals surface area contributed by atoms with Crippen LogP contribution in [0.2, 0.25) is 0 Å². The molecule has 0 fully saturated rings. The van der Waals surface area contributed by atoms with Gasteiger partial charge in [-0.2, -0.15) is 0 Å². The van der Waals surface area contributed by atoms with Crippen LogP contribution in [0, 0.1) is 6.92 Å². The Kier molecular flexibility index (Phi) is 4.66. The summed E-state index contributed by atoms with van der Waals surface area (Å²) >= 11 is 1.69. The third-order valence-corrected chi connectivity index (χ3v) is 4.61. The van der Waals surface area contributed by atoms with E-state index in [-0.39, 0.29) is 5.92 Å². The average Bonchev–Trinajstić information content (AvgIpc) is 3.06. The molecule has 7 heteroatoms. The fraction of sp³-hybridized carbons (Fsp3) is 0.533. The highest BCUT2D eigenvalue weighted by molar-refractivity contribution is 7.09. The predicted molar refractivity (Wildman–Crippen MR) is 85.7 cm³/mol. The van der Waals surface area contributed by atoms with Gasteiger partial charge in [-0.25, -0.2) is 4.98 Å². The Morgan fingerprint density at radius 1 is 1.55 bits per heavy atom. The predicted octanol–water partition coefficient (Wildman–Crippen LogP) is 1.88. The third-order valence-electron chi connectivity index (χ3n) is 3.79. The SMILES string of the molecule is C=CCOC[C@H]1CN(Cc2csc(C)n2)Cc2nnn(C)c21. The van der Waals surface area contributed by atoms with Gasteiger partial charge in [-0.1, -0.05) is 11.3 Å². The van der Waals surface area contributed by atoms with Crippen LogP contribution in [0.5, 0.6) is 0 Å². The summed E-state index contributed by atoms with van der Waals surface area (Å²) in [5.74, 6) is 0.281. The van der Waals surface area contributed by atoms with Crippen molar-refractivity contribution in [3.8, 4) is 0 Å². The first-order chi connectivity index (χ1) is 10.7. The van der Waals surface area contributed by atoms with E-state index in [0.29, 0.717) is 13.2 Å². The van der Waals surface area contributed by atoms with Gasteiger partial charge in [0.1, 0.15) is 5.69 Å². The van der Waals surface area contributed by atoms with Gasteiger partial charge in [-0.3, -0.25) is 9.58 Å². The van der Waals surface area contributed by atoms with Crippen LogP contribution < -0.4 is 0 Å². The summed E-state index contributed by atoms with van der Waals surface area (Å²) in [5, 5.41) is 11.7. The quantitative estimate of drug-likeness (QED) is 0.601. The molecular weight excluding hydrogens is 298 g/mol. The molecule has 0 aliphatic carbocycles. The number of thiazole rings is 1. The second kappa shape index (κ2) is 6.68. The molecule has 2 aromatic rings. The highest BCUT2D eigenvalue weighted by atomic mass is 32.1. The molecule has 2 aromatic heterocycles. The summed E-state index contributed by atoms with van der Waals surface area (Å²) in [7, 11) is 1.95. The van der Waals surface area contributed by atoms with E-state index in [0.717, 1.165) is 36.0 Å². The topological polar surface area (TPSA) is 56.1 Å². The number of aromatic nitrogens is 4. The van der Waals surface area contributed by atoms with Gasteiger partial charge in [0.15, 0.2) is 0 Å². The minimum absolute atomic E-state index is 0.281. The Bertz CT molecular complexity index is 650. The number of fused-ring (bicyclic) bond motifs is 1. The number of hydrogen-bond donors (Lipinski definition) is 0. The van der Waals surface area contributed by atoms with Crippen molar-refractivity contribution in [1.82, 2.24) is 24.9 Å². The minimum Gasteiger partial charge on any atom is -0.377 e. The van der Waals surface area contributed by atoms with E-state index in [2.05, 4.69) is 32.2 Å². The van der Waals surface area contributed by atoms with Crippen molar-refractivity contribution in [2.45, 2.75) is 25.9 Å². The summed E-state index contributed by atoms with van der Waals surface area (Å²) in [6, 6.07) is 0. The molecule has 6 nitrogen and oxygen atoms in total. The van der Waals surface area contributed by atoms with Crippen molar-refractivity contribution in [2.24, 2.45) is 7.05 Å². The van der Waals surface area contributed by atoms with E-state index in [1.54, 1.807) is 17.4 Å². The molecule has 0 aromatic carbocycles. The monoisotopic (exact) mass is 319 g/mol. The Hall–Kier alpha value is -1.57. The lowest BCUT2D eigenvalue weighted by Crippen LogP contribution is -2.36. The number of nitrogens with zero attached hydrogens (tertiary/aromatic N) is 5. The fourth-order valence-corrected chi connectivity index (χ4v) is 3.55. The maximum Gasteiger partial charge on any atom is 0.100 e. The van der Waals surface area contributed by atoms with E-state index >= 15 is 0 Å².